The Morgan fingerprint density at radius 3 is 2.39 bits per heavy atom. The number of carbonyl (C=O) groups is 2. The Morgan fingerprint density at radius 1 is 0.968 bits per heavy atom. The second-order valence-corrected chi connectivity index (χ2v) is 7.55. The predicted molar refractivity (Wildman–Crippen MR) is 116 cm³/mol. The Labute approximate surface area is 183 Å². The van der Waals surface area contributed by atoms with Gasteiger partial charge >= 0.3 is 5.97 Å². The van der Waals surface area contributed by atoms with Crippen molar-refractivity contribution in [1.82, 2.24) is 4.98 Å². The summed E-state index contributed by atoms with van der Waals surface area (Å²) in [4.78, 5) is 28.4. The molecule has 0 bridgehead atoms. The summed E-state index contributed by atoms with van der Waals surface area (Å²) in [5, 5.41) is 11.5. The summed E-state index contributed by atoms with van der Waals surface area (Å²) in [5.74, 6) is -3.99. The van der Waals surface area contributed by atoms with Gasteiger partial charge in [-0.2, -0.15) is 0 Å². The van der Waals surface area contributed by atoms with Gasteiger partial charge in [-0.1, -0.05) is 46.3 Å². The number of carbonyl (C=O) groups excluding carboxylic acids is 1. The molecule has 0 spiro atoms. The van der Waals surface area contributed by atoms with E-state index in [-0.39, 0.29) is 27.9 Å². The maximum Gasteiger partial charge on any atom is 0.335 e. The first kappa shape index (κ1) is 20.6. The highest BCUT2D eigenvalue weighted by Gasteiger charge is 2.23. The topological polar surface area (TPSA) is 79.3 Å². The number of halogens is 3. The van der Waals surface area contributed by atoms with Crippen LogP contribution in [0.15, 0.2) is 71.2 Å². The molecule has 0 saturated heterocycles. The largest absolute Gasteiger partial charge is 0.478 e. The third-order valence-corrected chi connectivity index (χ3v) is 5.12. The van der Waals surface area contributed by atoms with Gasteiger partial charge < -0.3 is 10.4 Å². The summed E-state index contributed by atoms with van der Waals surface area (Å²) in [6, 6.07) is 16.5. The van der Waals surface area contributed by atoms with E-state index >= 15 is 4.39 Å². The van der Waals surface area contributed by atoms with Crippen molar-refractivity contribution in [2.24, 2.45) is 0 Å². The Kier molecular flexibility index (Phi) is 5.48. The van der Waals surface area contributed by atoms with Gasteiger partial charge in [0.2, 0.25) is 0 Å². The highest BCUT2D eigenvalue weighted by Crippen LogP contribution is 2.31. The Morgan fingerprint density at radius 2 is 1.71 bits per heavy atom. The lowest BCUT2D eigenvalue weighted by molar-refractivity contribution is 0.0696. The zero-order valence-corrected chi connectivity index (χ0v) is 17.3. The molecule has 0 aliphatic heterocycles. The smallest absolute Gasteiger partial charge is 0.335 e. The number of aromatic carboxylic acids is 1. The number of carboxylic acids is 1. The number of anilines is 1. The SMILES string of the molecule is O=C(O)c1ccc(NC(=O)c2c(F)c(-c3ccccc3)nc3ccc(Br)cc23)c(F)c1. The molecule has 0 fully saturated rings. The van der Waals surface area contributed by atoms with E-state index in [1.165, 1.54) is 0 Å². The minimum absolute atomic E-state index is 0.0118. The fourth-order valence-electron chi connectivity index (χ4n) is 3.16. The van der Waals surface area contributed by atoms with Crippen molar-refractivity contribution in [2.75, 3.05) is 5.32 Å². The van der Waals surface area contributed by atoms with Crippen LogP contribution in [0.4, 0.5) is 14.5 Å². The molecule has 0 aliphatic rings. The number of nitrogens with zero attached hydrogens (tertiary/aromatic N) is 1. The summed E-state index contributed by atoms with van der Waals surface area (Å²) in [5.41, 5.74) is 0.0160. The summed E-state index contributed by atoms with van der Waals surface area (Å²) in [6.07, 6.45) is 0. The number of hydrogen-bond acceptors (Lipinski definition) is 3. The first-order valence-corrected chi connectivity index (χ1v) is 9.83. The van der Waals surface area contributed by atoms with E-state index in [0.29, 0.717) is 15.6 Å². The molecular formula is C23H13BrF2N2O3. The minimum atomic E-state index is -1.31. The molecule has 4 aromatic rings. The fraction of sp³-hybridized carbons (Fsp3) is 0. The number of carboxylic acid groups (broad SMARTS) is 1. The summed E-state index contributed by atoms with van der Waals surface area (Å²) < 4.78 is 30.5. The van der Waals surface area contributed by atoms with Gasteiger partial charge in [0.1, 0.15) is 11.5 Å². The van der Waals surface area contributed by atoms with Crippen molar-refractivity contribution >= 4 is 44.4 Å². The Hall–Kier alpha value is -3.65. The Bertz CT molecular complexity index is 1340. The zero-order chi connectivity index (χ0) is 22.1. The van der Waals surface area contributed by atoms with E-state index in [1.807, 2.05) is 0 Å². The van der Waals surface area contributed by atoms with Crippen LogP contribution >= 0.6 is 15.9 Å². The number of hydrogen-bond donors (Lipinski definition) is 2. The number of aromatic nitrogens is 1. The molecular weight excluding hydrogens is 470 g/mol. The van der Waals surface area contributed by atoms with Crippen LogP contribution in [0.5, 0.6) is 0 Å². The molecule has 0 unspecified atom stereocenters. The van der Waals surface area contributed by atoms with E-state index in [1.54, 1.807) is 48.5 Å². The molecule has 31 heavy (non-hydrogen) atoms. The molecule has 1 aromatic heterocycles. The van der Waals surface area contributed by atoms with Crippen LogP contribution in [0.3, 0.4) is 0 Å². The number of fused-ring (bicyclic) bond motifs is 1. The van der Waals surface area contributed by atoms with Gasteiger partial charge in [0.15, 0.2) is 5.82 Å². The van der Waals surface area contributed by atoms with Crippen molar-refractivity contribution in [2.45, 2.75) is 0 Å². The van der Waals surface area contributed by atoms with Crippen molar-refractivity contribution in [3.05, 3.63) is 94.0 Å². The van der Waals surface area contributed by atoms with Crippen LogP contribution in [-0.4, -0.2) is 22.0 Å². The first-order chi connectivity index (χ1) is 14.8. The van der Waals surface area contributed by atoms with E-state index < -0.39 is 23.5 Å². The van der Waals surface area contributed by atoms with Gasteiger partial charge in [0, 0.05) is 15.4 Å². The average molecular weight is 483 g/mol. The van der Waals surface area contributed by atoms with Gasteiger partial charge in [-0.05, 0) is 36.4 Å². The molecule has 3 aromatic carbocycles. The van der Waals surface area contributed by atoms with Gasteiger partial charge in [-0.25, -0.2) is 18.6 Å². The zero-order valence-electron chi connectivity index (χ0n) is 15.7. The monoisotopic (exact) mass is 482 g/mol. The van der Waals surface area contributed by atoms with Crippen molar-refractivity contribution in [1.29, 1.82) is 0 Å². The highest BCUT2D eigenvalue weighted by molar-refractivity contribution is 9.10. The van der Waals surface area contributed by atoms with Crippen molar-refractivity contribution in [3.63, 3.8) is 0 Å². The van der Waals surface area contributed by atoms with Gasteiger partial charge in [-0.15, -0.1) is 0 Å². The third-order valence-electron chi connectivity index (χ3n) is 4.63. The lowest BCUT2D eigenvalue weighted by Crippen LogP contribution is -2.17. The standard InChI is InChI=1S/C23H13BrF2N2O3/c24-14-7-9-17-15(11-14)19(20(26)21(27-17)12-4-2-1-3-5-12)22(29)28-18-8-6-13(23(30)31)10-16(18)25/h1-11H,(H,28,29)(H,30,31). The quantitative estimate of drug-likeness (QED) is 0.379. The second-order valence-electron chi connectivity index (χ2n) is 6.63. The number of amides is 1. The van der Waals surface area contributed by atoms with E-state index in [4.69, 9.17) is 5.11 Å². The minimum Gasteiger partial charge on any atom is -0.478 e. The molecule has 2 N–H and O–H groups in total. The highest BCUT2D eigenvalue weighted by atomic mass is 79.9. The normalized spacial score (nSPS) is 10.8. The number of pyridine rings is 1. The molecule has 1 heterocycles. The van der Waals surface area contributed by atoms with E-state index in [2.05, 4.69) is 26.2 Å². The lowest BCUT2D eigenvalue weighted by atomic mass is 10.0. The maximum absolute atomic E-state index is 15.5. The molecule has 8 heteroatoms. The molecule has 154 valence electrons. The molecule has 0 aliphatic carbocycles. The molecule has 0 saturated carbocycles. The van der Waals surface area contributed by atoms with Crippen LogP contribution in [0.1, 0.15) is 20.7 Å². The molecule has 0 radical (unpaired) electrons. The summed E-state index contributed by atoms with van der Waals surface area (Å²) in [7, 11) is 0. The lowest BCUT2D eigenvalue weighted by Gasteiger charge is -2.13. The van der Waals surface area contributed by atoms with E-state index in [0.717, 1.165) is 18.2 Å². The number of rotatable bonds is 4. The predicted octanol–water partition coefficient (Wildman–Crippen LogP) is 5.89. The van der Waals surface area contributed by atoms with Gasteiger partial charge in [0.05, 0.1) is 22.3 Å². The molecule has 4 rings (SSSR count). The molecule has 5 nitrogen and oxygen atoms in total. The summed E-state index contributed by atoms with van der Waals surface area (Å²) in [6.45, 7) is 0. The van der Waals surface area contributed by atoms with Crippen LogP contribution in [0.2, 0.25) is 0 Å². The second kappa shape index (κ2) is 8.23. The number of benzene rings is 3. The van der Waals surface area contributed by atoms with Gasteiger partial charge in [0.25, 0.3) is 5.91 Å². The Balaban J connectivity index is 1.85. The van der Waals surface area contributed by atoms with Gasteiger partial charge in [-0.3, -0.25) is 4.79 Å². The summed E-state index contributed by atoms with van der Waals surface area (Å²) >= 11 is 3.31. The van der Waals surface area contributed by atoms with Crippen LogP contribution in [0, 0.1) is 11.6 Å². The number of nitrogens with one attached hydrogen (secondary N) is 1. The molecule has 1 amide bonds. The van der Waals surface area contributed by atoms with Crippen LogP contribution in [-0.2, 0) is 0 Å². The maximum atomic E-state index is 15.5. The average Bonchev–Trinajstić information content (AvgIpc) is 2.75. The third kappa shape index (κ3) is 4.02. The first-order valence-electron chi connectivity index (χ1n) is 9.03. The molecule has 0 atom stereocenters. The van der Waals surface area contributed by atoms with Crippen LogP contribution in [0.25, 0.3) is 22.2 Å². The van der Waals surface area contributed by atoms with Crippen molar-refractivity contribution in [3.8, 4) is 11.3 Å². The van der Waals surface area contributed by atoms with Crippen molar-refractivity contribution < 1.29 is 23.5 Å². The van der Waals surface area contributed by atoms with E-state index in [9.17, 15) is 14.0 Å². The van der Waals surface area contributed by atoms with Crippen LogP contribution < -0.4 is 5.32 Å². The fourth-order valence-corrected chi connectivity index (χ4v) is 3.52.